The topological polar surface area (TPSA) is 64.6 Å². The van der Waals surface area contributed by atoms with Gasteiger partial charge in [0.05, 0.1) is 0 Å². The molecule has 1 N–H and O–H groups in total. The lowest BCUT2D eigenvalue weighted by Gasteiger charge is -2.19. The van der Waals surface area contributed by atoms with Crippen LogP contribution in [-0.2, 0) is 14.3 Å². The lowest BCUT2D eigenvalue weighted by atomic mass is 10.1. The van der Waals surface area contributed by atoms with E-state index in [0.29, 0.717) is 13.0 Å². The molecular formula is C13H24ClNO4. The number of hydrogen-bond acceptors (Lipinski definition) is 4. The first-order valence-corrected chi connectivity index (χ1v) is 7.07. The first-order valence-electron chi connectivity index (χ1n) is 6.53. The SMILES string of the molecule is CC(C)(C)OC(=O)NCCCCCCC(=O)OCCl. The normalized spacial score (nSPS) is 10.9. The van der Waals surface area contributed by atoms with Gasteiger partial charge in [-0.3, -0.25) is 4.79 Å². The van der Waals surface area contributed by atoms with Gasteiger partial charge >= 0.3 is 12.1 Å². The van der Waals surface area contributed by atoms with Crippen LogP contribution in [-0.4, -0.2) is 30.3 Å². The molecule has 0 aromatic carbocycles. The molecule has 0 aliphatic heterocycles. The molecule has 0 saturated carbocycles. The van der Waals surface area contributed by atoms with Crippen molar-refractivity contribution in [1.29, 1.82) is 0 Å². The second-order valence-electron chi connectivity index (χ2n) is 5.22. The molecule has 0 saturated heterocycles. The van der Waals surface area contributed by atoms with Gasteiger partial charge in [-0.15, -0.1) is 0 Å². The molecule has 0 heterocycles. The van der Waals surface area contributed by atoms with Crippen LogP contribution in [0.3, 0.4) is 0 Å². The van der Waals surface area contributed by atoms with Gasteiger partial charge in [0, 0.05) is 13.0 Å². The molecule has 0 aromatic heterocycles. The Hall–Kier alpha value is -0.970. The number of alkyl halides is 1. The summed E-state index contributed by atoms with van der Waals surface area (Å²) >= 11 is 5.26. The van der Waals surface area contributed by atoms with E-state index in [-0.39, 0.29) is 12.0 Å². The number of hydrogen-bond donors (Lipinski definition) is 1. The molecular weight excluding hydrogens is 270 g/mol. The Morgan fingerprint density at radius 1 is 1.11 bits per heavy atom. The second kappa shape index (κ2) is 9.89. The highest BCUT2D eigenvalue weighted by atomic mass is 35.5. The van der Waals surface area contributed by atoms with E-state index in [1.54, 1.807) is 0 Å². The van der Waals surface area contributed by atoms with Gasteiger partial charge in [0.2, 0.25) is 0 Å². The quantitative estimate of drug-likeness (QED) is 0.424. The molecule has 1 amide bonds. The van der Waals surface area contributed by atoms with E-state index >= 15 is 0 Å². The zero-order valence-electron chi connectivity index (χ0n) is 12.0. The number of alkyl carbamates (subject to hydrolysis) is 1. The van der Waals surface area contributed by atoms with Gasteiger partial charge in [0.15, 0.2) is 6.07 Å². The van der Waals surface area contributed by atoms with Crippen molar-refractivity contribution in [3.63, 3.8) is 0 Å². The first-order chi connectivity index (χ1) is 8.85. The van der Waals surface area contributed by atoms with Crippen molar-refractivity contribution in [1.82, 2.24) is 5.32 Å². The maximum Gasteiger partial charge on any atom is 0.407 e. The Morgan fingerprint density at radius 2 is 1.74 bits per heavy atom. The fraction of sp³-hybridized carbons (Fsp3) is 0.846. The molecule has 0 fully saturated rings. The molecule has 0 unspecified atom stereocenters. The summed E-state index contributed by atoms with van der Waals surface area (Å²) in [5.41, 5.74) is -0.465. The molecule has 0 bridgehead atoms. The van der Waals surface area contributed by atoms with Crippen LogP contribution in [0.1, 0.15) is 52.9 Å². The maximum absolute atomic E-state index is 11.3. The van der Waals surface area contributed by atoms with Crippen molar-refractivity contribution in [2.24, 2.45) is 0 Å². The standard InChI is InChI=1S/C13H24ClNO4/c1-13(2,3)19-12(17)15-9-7-5-4-6-8-11(16)18-10-14/h4-10H2,1-3H3,(H,15,17). The van der Waals surface area contributed by atoms with Crippen molar-refractivity contribution in [2.45, 2.75) is 58.5 Å². The lowest BCUT2D eigenvalue weighted by Crippen LogP contribution is -2.32. The van der Waals surface area contributed by atoms with Crippen LogP contribution in [0.2, 0.25) is 0 Å². The summed E-state index contributed by atoms with van der Waals surface area (Å²) in [6.07, 6.45) is 3.52. The predicted octanol–water partition coefficient (Wildman–Crippen LogP) is 3.20. The van der Waals surface area contributed by atoms with Crippen LogP contribution in [0.4, 0.5) is 4.79 Å². The molecule has 0 atom stereocenters. The number of halogens is 1. The number of unbranched alkanes of at least 4 members (excludes halogenated alkanes) is 3. The summed E-state index contributed by atoms with van der Waals surface area (Å²) in [5, 5.41) is 2.69. The lowest BCUT2D eigenvalue weighted by molar-refractivity contribution is -0.141. The molecule has 0 aromatic rings. The van der Waals surface area contributed by atoms with Crippen LogP contribution in [0.25, 0.3) is 0 Å². The molecule has 6 heteroatoms. The molecule has 0 rings (SSSR count). The van der Waals surface area contributed by atoms with E-state index < -0.39 is 11.7 Å². The summed E-state index contributed by atoms with van der Waals surface area (Å²) in [7, 11) is 0. The highest BCUT2D eigenvalue weighted by Gasteiger charge is 2.15. The first kappa shape index (κ1) is 18.0. The fourth-order valence-corrected chi connectivity index (χ4v) is 1.51. The number of carbonyl (C=O) groups is 2. The summed E-state index contributed by atoms with van der Waals surface area (Å²) in [5.74, 6) is -0.262. The van der Waals surface area contributed by atoms with Crippen LogP contribution < -0.4 is 5.32 Å². The van der Waals surface area contributed by atoms with E-state index in [1.807, 2.05) is 20.8 Å². The molecule has 112 valence electrons. The minimum absolute atomic E-state index is 0.0847. The van der Waals surface area contributed by atoms with E-state index in [0.717, 1.165) is 25.7 Å². The van der Waals surface area contributed by atoms with Gasteiger partial charge in [-0.25, -0.2) is 4.79 Å². The number of rotatable bonds is 8. The third kappa shape index (κ3) is 13.3. The summed E-state index contributed by atoms with van der Waals surface area (Å²) in [6.45, 7) is 6.06. The number of amides is 1. The molecule has 0 radical (unpaired) electrons. The van der Waals surface area contributed by atoms with E-state index in [1.165, 1.54) is 0 Å². The molecule has 0 spiro atoms. The summed E-state index contributed by atoms with van der Waals surface area (Å²) < 4.78 is 9.70. The Labute approximate surface area is 120 Å². The van der Waals surface area contributed by atoms with Crippen molar-refractivity contribution in [3.05, 3.63) is 0 Å². The van der Waals surface area contributed by atoms with E-state index in [2.05, 4.69) is 10.1 Å². The summed E-state index contributed by atoms with van der Waals surface area (Å²) in [6, 6.07) is -0.0847. The number of esters is 1. The van der Waals surface area contributed by atoms with Gasteiger partial charge in [-0.1, -0.05) is 24.4 Å². The zero-order chi connectivity index (χ0) is 14.7. The Balaban J connectivity index is 3.36. The van der Waals surface area contributed by atoms with Gasteiger partial charge in [-0.2, -0.15) is 0 Å². The highest BCUT2D eigenvalue weighted by molar-refractivity contribution is 6.17. The highest BCUT2D eigenvalue weighted by Crippen LogP contribution is 2.07. The zero-order valence-corrected chi connectivity index (χ0v) is 12.7. The average molecular weight is 294 g/mol. The van der Waals surface area contributed by atoms with Gasteiger partial charge < -0.3 is 14.8 Å². The smallest absolute Gasteiger partial charge is 0.407 e. The van der Waals surface area contributed by atoms with Gasteiger partial charge in [0.1, 0.15) is 5.60 Å². The van der Waals surface area contributed by atoms with Gasteiger partial charge in [-0.05, 0) is 33.6 Å². The fourth-order valence-electron chi connectivity index (χ4n) is 1.39. The Kier molecular flexibility index (Phi) is 9.39. The predicted molar refractivity (Wildman–Crippen MR) is 74.1 cm³/mol. The Morgan fingerprint density at radius 3 is 2.32 bits per heavy atom. The number of nitrogens with one attached hydrogen (secondary N) is 1. The van der Waals surface area contributed by atoms with Crippen LogP contribution in [0.5, 0.6) is 0 Å². The summed E-state index contributed by atoms with van der Waals surface area (Å²) in [4.78, 5) is 22.3. The monoisotopic (exact) mass is 293 g/mol. The van der Waals surface area contributed by atoms with E-state index in [9.17, 15) is 9.59 Å². The van der Waals surface area contributed by atoms with Crippen molar-refractivity contribution in [2.75, 3.05) is 12.6 Å². The van der Waals surface area contributed by atoms with Crippen LogP contribution in [0, 0.1) is 0 Å². The van der Waals surface area contributed by atoms with Crippen LogP contribution in [0.15, 0.2) is 0 Å². The number of carbonyl (C=O) groups excluding carboxylic acids is 2. The minimum atomic E-state index is -0.465. The Bertz CT molecular complexity index is 276. The van der Waals surface area contributed by atoms with Gasteiger partial charge in [0.25, 0.3) is 0 Å². The molecule has 5 nitrogen and oxygen atoms in total. The second-order valence-corrected chi connectivity index (χ2v) is 5.44. The maximum atomic E-state index is 11.3. The average Bonchev–Trinajstić information content (AvgIpc) is 2.25. The third-order valence-corrected chi connectivity index (χ3v) is 2.30. The van der Waals surface area contributed by atoms with Crippen LogP contribution >= 0.6 is 11.6 Å². The van der Waals surface area contributed by atoms with Crippen molar-refractivity contribution >= 4 is 23.7 Å². The van der Waals surface area contributed by atoms with Crippen molar-refractivity contribution < 1.29 is 19.1 Å². The van der Waals surface area contributed by atoms with E-state index in [4.69, 9.17) is 16.3 Å². The minimum Gasteiger partial charge on any atom is -0.449 e. The molecule has 19 heavy (non-hydrogen) atoms. The largest absolute Gasteiger partial charge is 0.449 e. The third-order valence-electron chi connectivity index (χ3n) is 2.19. The van der Waals surface area contributed by atoms with Crippen molar-refractivity contribution in [3.8, 4) is 0 Å². The molecule has 0 aliphatic rings. The number of ether oxygens (including phenoxy) is 2. The molecule has 0 aliphatic carbocycles.